The number of halogens is 1. The molecule has 6 heteroatoms. The average Bonchev–Trinajstić information content (AvgIpc) is 2.62. The van der Waals surface area contributed by atoms with Crippen molar-refractivity contribution in [1.82, 2.24) is 9.55 Å². The molecule has 0 saturated heterocycles. The highest BCUT2D eigenvalue weighted by atomic mass is 35.5. The van der Waals surface area contributed by atoms with E-state index in [4.69, 9.17) is 11.6 Å². The molecule has 0 spiro atoms. The van der Waals surface area contributed by atoms with Crippen molar-refractivity contribution in [3.63, 3.8) is 0 Å². The number of aromatic nitrogens is 2. The van der Waals surface area contributed by atoms with Crippen LogP contribution in [0.15, 0.2) is 64.5 Å². The standard InChI is InChI=1S/C19H17ClN2O2S/c1-2-16-17(23)21-19(25-12-13-8-10-14(20)11-9-13)22(18(16)24)15-6-4-3-5-7-15/h3-11,23H,2,12H2,1H3. The van der Waals surface area contributed by atoms with Crippen molar-refractivity contribution in [1.29, 1.82) is 0 Å². The molecule has 25 heavy (non-hydrogen) atoms. The molecule has 0 saturated carbocycles. The molecule has 128 valence electrons. The smallest absolute Gasteiger partial charge is 0.265 e. The normalized spacial score (nSPS) is 10.8. The third-order valence-electron chi connectivity index (χ3n) is 3.77. The van der Waals surface area contributed by atoms with Gasteiger partial charge in [-0.25, -0.2) is 0 Å². The van der Waals surface area contributed by atoms with Gasteiger partial charge >= 0.3 is 0 Å². The number of nitrogens with zero attached hydrogens (tertiary/aromatic N) is 2. The average molecular weight is 373 g/mol. The van der Waals surface area contributed by atoms with Crippen LogP contribution in [-0.4, -0.2) is 14.7 Å². The van der Waals surface area contributed by atoms with Crippen LogP contribution >= 0.6 is 23.4 Å². The summed E-state index contributed by atoms with van der Waals surface area (Å²) in [7, 11) is 0. The van der Waals surface area contributed by atoms with Crippen LogP contribution in [0.2, 0.25) is 5.02 Å². The molecule has 4 nitrogen and oxygen atoms in total. The Morgan fingerprint density at radius 2 is 1.80 bits per heavy atom. The summed E-state index contributed by atoms with van der Waals surface area (Å²) in [5.41, 5.74) is 1.87. The number of hydrogen-bond acceptors (Lipinski definition) is 4. The molecule has 0 aliphatic heterocycles. The van der Waals surface area contributed by atoms with Gasteiger partial charge in [0, 0.05) is 10.8 Å². The van der Waals surface area contributed by atoms with E-state index in [2.05, 4.69) is 4.98 Å². The SMILES string of the molecule is CCc1c(O)nc(SCc2ccc(Cl)cc2)n(-c2ccccc2)c1=O. The first-order valence-corrected chi connectivity index (χ1v) is 9.24. The molecule has 3 rings (SSSR count). The zero-order valence-corrected chi connectivity index (χ0v) is 15.2. The Hall–Kier alpha value is -2.24. The van der Waals surface area contributed by atoms with Gasteiger partial charge in [0.25, 0.3) is 5.56 Å². The van der Waals surface area contributed by atoms with Crippen molar-refractivity contribution in [3.05, 3.63) is 81.1 Å². The quantitative estimate of drug-likeness (QED) is 0.531. The van der Waals surface area contributed by atoms with Gasteiger partial charge in [-0.3, -0.25) is 9.36 Å². The second-order valence-electron chi connectivity index (χ2n) is 5.44. The number of para-hydroxylation sites is 1. The van der Waals surface area contributed by atoms with Crippen LogP contribution in [0.4, 0.5) is 0 Å². The number of aromatic hydroxyl groups is 1. The monoisotopic (exact) mass is 372 g/mol. The van der Waals surface area contributed by atoms with Crippen molar-refractivity contribution >= 4 is 23.4 Å². The molecular weight excluding hydrogens is 356 g/mol. The number of benzene rings is 2. The summed E-state index contributed by atoms with van der Waals surface area (Å²) in [6, 6.07) is 16.9. The van der Waals surface area contributed by atoms with Crippen LogP contribution in [-0.2, 0) is 12.2 Å². The van der Waals surface area contributed by atoms with Crippen LogP contribution in [0, 0.1) is 0 Å². The lowest BCUT2D eigenvalue weighted by Crippen LogP contribution is -2.25. The second-order valence-corrected chi connectivity index (χ2v) is 6.82. The Morgan fingerprint density at radius 3 is 2.44 bits per heavy atom. The van der Waals surface area contributed by atoms with E-state index in [1.807, 2.05) is 61.5 Å². The number of rotatable bonds is 5. The maximum atomic E-state index is 12.8. The molecule has 1 heterocycles. The summed E-state index contributed by atoms with van der Waals surface area (Å²) in [6.07, 6.45) is 0.423. The molecule has 3 aromatic rings. The Bertz CT molecular complexity index is 925. The van der Waals surface area contributed by atoms with Crippen LogP contribution in [0.5, 0.6) is 5.88 Å². The largest absolute Gasteiger partial charge is 0.493 e. The van der Waals surface area contributed by atoms with Crippen LogP contribution in [0.3, 0.4) is 0 Å². The minimum Gasteiger partial charge on any atom is -0.493 e. The third kappa shape index (κ3) is 3.89. The molecule has 0 radical (unpaired) electrons. The Balaban J connectivity index is 2.02. The van der Waals surface area contributed by atoms with E-state index in [0.717, 1.165) is 11.3 Å². The van der Waals surface area contributed by atoms with Crippen LogP contribution in [0.25, 0.3) is 5.69 Å². The van der Waals surface area contributed by atoms with Crippen molar-refractivity contribution in [3.8, 4) is 11.6 Å². The maximum Gasteiger partial charge on any atom is 0.265 e. The first kappa shape index (κ1) is 17.6. The van der Waals surface area contributed by atoms with Crippen molar-refractivity contribution in [2.45, 2.75) is 24.3 Å². The molecule has 0 aliphatic carbocycles. The van der Waals surface area contributed by atoms with Gasteiger partial charge in [0.15, 0.2) is 5.16 Å². The van der Waals surface area contributed by atoms with Gasteiger partial charge in [-0.1, -0.05) is 60.6 Å². The number of hydrogen-bond donors (Lipinski definition) is 1. The predicted octanol–water partition coefficient (Wildman–Crippen LogP) is 4.45. The van der Waals surface area contributed by atoms with Gasteiger partial charge in [-0.05, 0) is 36.2 Å². The van der Waals surface area contributed by atoms with E-state index in [-0.39, 0.29) is 11.4 Å². The fourth-order valence-corrected chi connectivity index (χ4v) is 3.55. The summed E-state index contributed by atoms with van der Waals surface area (Å²) in [4.78, 5) is 17.1. The van der Waals surface area contributed by atoms with Crippen LogP contribution < -0.4 is 5.56 Å². The molecule has 1 aromatic heterocycles. The van der Waals surface area contributed by atoms with E-state index >= 15 is 0 Å². The zero-order valence-electron chi connectivity index (χ0n) is 13.6. The first-order chi connectivity index (χ1) is 12.1. The Labute approximate surface area is 155 Å². The predicted molar refractivity (Wildman–Crippen MR) is 102 cm³/mol. The van der Waals surface area contributed by atoms with E-state index in [0.29, 0.717) is 27.9 Å². The fourth-order valence-electron chi connectivity index (χ4n) is 2.46. The van der Waals surface area contributed by atoms with E-state index < -0.39 is 0 Å². The fraction of sp³-hybridized carbons (Fsp3) is 0.158. The summed E-state index contributed by atoms with van der Waals surface area (Å²) < 4.78 is 1.55. The van der Waals surface area contributed by atoms with Gasteiger partial charge in [0.1, 0.15) is 0 Å². The summed E-state index contributed by atoms with van der Waals surface area (Å²) in [6.45, 7) is 1.83. The van der Waals surface area contributed by atoms with Crippen molar-refractivity contribution < 1.29 is 5.11 Å². The summed E-state index contributed by atoms with van der Waals surface area (Å²) in [5.74, 6) is 0.416. The van der Waals surface area contributed by atoms with E-state index in [1.165, 1.54) is 11.8 Å². The van der Waals surface area contributed by atoms with E-state index in [9.17, 15) is 9.90 Å². The first-order valence-electron chi connectivity index (χ1n) is 7.87. The molecule has 0 atom stereocenters. The summed E-state index contributed by atoms with van der Waals surface area (Å²) in [5, 5.41) is 11.3. The van der Waals surface area contributed by atoms with Gasteiger partial charge < -0.3 is 5.11 Å². The van der Waals surface area contributed by atoms with Crippen LogP contribution in [0.1, 0.15) is 18.1 Å². The molecule has 0 fully saturated rings. The molecule has 2 aromatic carbocycles. The molecular formula is C19H17ClN2O2S. The topological polar surface area (TPSA) is 55.1 Å². The van der Waals surface area contributed by atoms with Gasteiger partial charge in [-0.2, -0.15) is 4.98 Å². The van der Waals surface area contributed by atoms with Crippen molar-refractivity contribution in [2.24, 2.45) is 0 Å². The number of thioether (sulfide) groups is 1. The lowest BCUT2D eigenvalue weighted by Gasteiger charge is -2.14. The van der Waals surface area contributed by atoms with Gasteiger partial charge in [0.2, 0.25) is 5.88 Å². The lowest BCUT2D eigenvalue weighted by molar-refractivity contribution is 0.432. The Kier molecular flexibility index (Phi) is 5.46. The summed E-state index contributed by atoms with van der Waals surface area (Å²) >= 11 is 7.31. The second kappa shape index (κ2) is 7.76. The van der Waals surface area contributed by atoms with Gasteiger partial charge in [0.05, 0.1) is 11.3 Å². The molecule has 1 N–H and O–H groups in total. The minimum absolute atomic E-state index is 0.196. The highest BCUT2D eigenvalue weighted by Gasteiger charge is 2.16. The molecule has 0 amide bonds. The Morgan fingerprint density at radius 1 is 1.12 bits per heavy atom. The lowest BCUT2D eigenvalue weighted by atomic mass is 10.2. The zero-order chi connectivity index (χ0) is 17.8. The third-order valence-corrected chi connectivity index (χ3v) is 5.03. The highest BCUT2D eigenvalue weighted by Crippen LogP contribution is 2.26. The van der Waals surface area contributed by atoms with E-state index in [1.54, 1.807) is 4.57 Å². The van der Waals surface area contributed by atoms with Gasteiger partial charge in [-0.15, -0.1) is 0 Å². The minimum atomic E-state index is -0.236. The van der Waals surface area contributed by atoms with Crippen molar-refractivity contribution in [2.75, 3.05) is 0 Å². The molecule has 0 aliphatic rings. The highest BCUT2D eigenvalue weighted by molar-refractivity contribution is 7.98. The molecule has 0 bridgehead atoms. The maximum absolute atomic E-state index is 12.8. The molecule has 0 unspecified atom stereocenters.